The van der Waals surface area contributed by atoms with E-state index >= 15 is 0 Å². The van der Waals surface area contributed by atoms with Gasteiger partial charge in [0.05, 0.1) is 37.0 Å². The molecule has 11 heteroatoms. The lowest BCUT2D eigenvalue weighted by atomic mass is 10.1. The first-order chi connectivity index (χ1) is 18.5. The highest BCUT2D eigenvalue weighted by atomic mass is 32.1. The van der Waals surface area contributed by atoms with E-state index in [4.69, 9.17) is 9.47 Å². The van der Waals surface area contributed by atoms with Crippen molar-refractivity contribution >= 4 is 46.5 Å². The third-order valence-corrected chi connectivity index (χ3v) is 8.83. The second-order valence-electron chi connectivity index (χ2n) is 9.27. The van der Waals surface area contributed by atoms with Gasteiger partial charge in [0.15, 0.2) is 0 Å². The molecule has 9 nitrogen and oxygen atoms in total. The molecular weight excluding hydrogens is 535 g/mol. The topological polar surface area (TPSA) is 112 Å². The van der Waals surface area contributed by atoms with Crippen LogP contribution in [0.15, 0.2) is 55.0 Å². The third-order valence-electron chi connectivity index (χ3n) is 6.03. The summed E-state index contributed by atoms with van der Waals surface area (Å²) in [6.45, 7) is 9.06. The average molecular weight is 567 g/mol. The Balaban J connectivity index is 1.66. The van der Waals surface area contributed by atoms with Gasteiger partial charge in [0, 0.05) is 22.1 Å². The summed E-state index contributed by atoms with van der Waals surface area (Å²) in [6.07, 6.45) is 3.63. The van der Waals surface area contributed by atoms with E-state index in [0.717, 1.165) is 27.1 Å². The van der Waals surface area contributed by atoms with Crippen molar-refractivity contribution < 1.29 is 23.6 Å². The maximum Gasteiger partial charge on any atom is 0.341 e. The Morgan fingerprint density at radius 1 is 1.08 bits per heavy atom. The lowest BCUT2D eigenvalue weighted by Gasteiger charge is -2.11. The van der Waals surface area contributed by atoms with Gasteiger partial charge in [-0.15, -0.1) is 11.3 Å². The number of esters is 1. The molecule has 2 amide bonds. The minimum Gasteiger partial charge on any atom is -0.495 e. The molecule has 39 heavy (non-hydrogen) atoms. The summed E-state index contributed by atoms with van der Waals surface area (Å²) < 4.78 is 25.1. The van der Waals surface area contributed by atoms with Crippen LogP contribution in [0.3, 0.4) is 0 Å². The summed E-state index contributed by atoms with van der Waals surface area (Å²) in [5, 5.41) is 6.67. The summed E-state index contributed by atoms with van der Waals surface area (Å²) >= 11 is 1.28. The first kappa shape index (κ1) is 28.1. The van der Waals surface area contributed by atoms with E-state index in [1.165, 1.54) is 11.3 Å². The van der Waals surface area contributed by atoms with Crippen molar-refractivity contribution in [2.45, 2.75) is 20.8 Å². The minimum absolute atomic E-state index is 0.201. The zero-order chi connectivity index (χ0) is 28.3. The van der Waals surface area contributed by atoms with Crippen LogP contribution in [0.5, 0.6) is 5.75 Å². The van der Waals surface area contributed by atoms with E-state index in [0.29, 0.717) is 27.6 Å². The van der Waals surface area contributed by atoms with Gasteiger partial charge in [-0.3, -0.25) is 5.32 Å². The molecule has 0 saturated heterocycles. The Hall–Kier alpha value is -3.88. The van der Waals surface area contributed by atoms with Crippen LogP contribution in [0.4, 0.5) is 15.5 Å². The summed E-state index contributed by atoms with van der Waals surface area (Å²) in [5.74, 6) is 0.117. The predicted octanol–water partition coefficient (Wildman–Crippen LogP) is 6.29. The van der Waals surface area contributed by atoms with E-state index in [2.05, 4.69) is 15.6 Å². The molecule has 0 spiro atoms. The highest BCUT2D eigenvalue weighted by Gasteiger charge is 2.25. The number of ether oxygens (including phenoxy) is 2. The molecular formula is C28H31N4O5PS. The standard InChI is InChI=1S/C28H31N4O5PS/c1-7-37-27(33)24-18(3)25(19-8-13-22(23(14-19)36-4)32-15-17(2)29-16-32)39-26(24)31-28(34)30-20-9-11-21(12-10-20)38(5,6)35/h8-16H,7H2,1-6H3,(H2,30,31,34). The summed E-state index contributed by atoms with van der Waals surface area (Å²) in [6, 6.07) is 12.1. The van der Waals surface area contributed by atoms with Crippen molar-refractivity contribution in [3.63, 3.8) is 0 Å². The molecule has 2 N–H and O–H groups in total. The van der Waals surface area contributed by atoms with Crippen molar-refractivity contribution in [2.24, 2.45) is 0 Å². The maximum absolute atomic E-state index is 12.9. The fourth-order valence-electron chi connectivity index (χ4n) is 4.08. The lowest BCUT2D eigenvalue weighted by molar-refractivity contribution is 0.0527. The minimum atomic E-state index is -2.40. The number of aryl methyl sites for hydroxylation is 1. The van der Waals surface area contributed by atoms with Crippen molar-refractivity contribution in [3.8, 4) is 21.9 Å². The molecule has 0 atom stereocenters. The highest BCUT2D eigenvalue weighted by Crippen LogP contribution is 2.42. The Kier molecular flexibility index (Phi) is 8.28. The van der Waals surface area contributed by atoms with Crippen LogP contribution in [0.2, 0.25) is 0 Å². The number of hydrogen-bond acceptors (Lipinski definition) is 7. The number of aromatic nitrogens is 2. The van der Waals surface area contributed by atoms with Crippen LogP contribution in [-0.4, -0.2) is 48.6 Å². The van der Waals surface area contributed by atoms with Crippen molar-refractivity contribution in [1.29, 1.82) is 0 Å². The van der Waals surface area contributed by atoms with Crippen LogP contribution in [0.25, 0.3) is 16.1 Å². The number of urea groups is 1. The van der Waals surface area contributed by atoms with E-state index in [9.17, 15) is 14.2 Å². The molecule has 4 aromatic rings. The third kappa shape index (κ3) is 6.24. The van der Waals surface area contributed by atoms with Gasteiger partial charge in [0.2, 0.25) is 0 Å². The quantitative estimate of drug-likeness (QED) is 0.191. The molecule has 0 aliphatic heterocycles. The summed E-state index contributed by atoms with van der Waals surface area (Å²) in [5.41, 5.74) is 4.06. The smallest absolute Gasteiger partial charge is 0.341 e. The normalized spacial score (nSPS) is 11.2. The molecule has 204 valence electrons. The van der Waals surface area contributed by atoms with Gasteiger partial charge in [0.25, 0.3) is 0 Å². The first-order valence-electron chi connectivity index (χ1n) is 12.2. The monoisotopic (exact) mass is 566 g/mol. The number of nitrogens with zero attached hydrogens (tertiary/aromatic N) is 2. The van der Waals surface area contributed by atoms with Crippen LogP contribution in [0, 0.1) is 13.8 Å². The molecule has 0 radical (unpaired) electrons. The molecule has 4 rings (SSSR count). The predicted molar refractivity (Wildman–Crippen MR) is 157 cm³/mol. The average Bonchev–Trinajstić information content (AvgIpc) is 3.46. The van der Waals surface area contributed by atoms with Gasteiger partial charge in [0.1, 0.15) is 17.9 Å². The molecule has 0 aliphatic carbocycles. The molecule has 0 bridgehead atoms. The molecule has 0 saturated carbocycles. The Morgan fingerprint density at radius 2 is 1.79 bits per heavy atom. The fraction of sp³-hybridized carbons (Fsp3) is 0.250. The van der Waals surface area contributed by atoms with E-state index in [1.807, 2.05) is 42.8 Å². The number of hydrogen-bond donors (Lipinski definition) is 2. The summed E-state index contributed by atoms with van der Waals surface area (Å²) in [7, 11) is -0.802. The number of rotatable bonds is 8. The molecule has 2 aromatic heterocycles. The van der Waals surface area contributed by atoms with Crippen molar-refractivity contribution in [1.82, 2.24) is 9.55 Å². The van der Waals surface area contributed by atoms with Crippen molar-refractivity contribution in [2.75, 3.05) is 37.7 Å². The van der Waals surface area contributed by atoms with Crippen molar-refractivity contribution in [3.05, 3.63) is 71.8 Å². The largest absolute Gasteiger partial charge is 0.495 e. The van der Waals surface area contributed by atoms with Crippen LogP contribution in [-0.2, 0) is 9.30 Å². The number of carbonyl (C=O) groups excluding carboxylic acids is 2. The van der Waals surface area contributed by atoms with E-state index < -0.39 is 19.1 Å². The van der Waals surface area contributed by atoms with Gasteiger partial charge in [-0.2, -0.15) is 0 Å². The van der Waals surface area contributed by atoms with E-state index in [1.54, 1.807) is 58.0 Å². The van der Waals surface area contributed by atoms with E-state index in [-0.39, 0.29) is 6.61 Å². The number of anilines is 2. The van der Waals surface area contributed by atoms with Crippen LogP contribution < -0.4 is 20.7 Å². The first-order valence-corrected chi connectivity index (χ1v) is 15.7. The number of imidazole rings is 1. The van der Waals surface area contributed by atoms with Crippen LogP contribution >= 0.6 is 18.5 Å². The maximum atomic E-state index is 12.9. The Labute approximate surface area is 231 Å². The second-order valence-corrected chi connectivity index (χ2v) is 13.5. The number of nitrogens with one attached hydrogen (secondary N) is 2. The fourth-order valence-corrected chi connectivity index (χ4v) is 6.13. The number of carbonyl (C=O) groups is 2. The highest BCUT2D eigenvalue weighted by molar-refractivity contribution is 7.70. The zero-order valence-electron chi connectivity index (χ0n) is 22.7. The van der Waals surface area contributed by atoms with Gasteiger partial charge < -0.3 is 23.9 Å². The lowest BCUT2D eigenvalue weighted by Crippen LogP contribution is -2.21. The second kappa shape index (κ2) is 11.5. The molecule has 0 unspecified atom stereocenters. The summed E-state index contributed by atoms with van der Waals surface area (Å²) in [4.78, 5) is 30.9. The van der Waals surface area contributed by atoms with Gasteiger partial charge in [-0.25, -0.2) is 14.6 Å². The Bertz CT molecular complexity index is 1570. The van der Waals surface area contributed by atoms with Gasteiger partial charge in [-0.1, -0.05) is 6.07 Å². The number of methoxy groups -OCH3 is 1. The molecule has 0 aliphatic rings. The molecule has 2 aromatic carbocycles. The SMILES string of the molecule is CCOC(=O)c1c(NC(=O)Nc2ccc(P(C)(C)=O)cc2)sc(-c2ccc(-n3cnc(C)c3)c(OC)c2)c1C. The Morgan fingerprint density at radius 3 is 2.38 bits per heavy atom. The zero-order valence-corrected chi connectivity index (χ0v) is 24.4. The molecule has 0 fully saturated rings. The number of benzene rings is 2. The number of thiophene rings is 1. The number of amides is 2. The van der Waals surface area contributed by atoms with Gasteiger partial charge in [-0.05, 0) is 81.6 Å². The van der Waals surface area contributed by atoms with Crippen LogP contribution in [0.1, 0.15) is 28.5 Å². The molecule has 2 heterocycles. The van der Waals surface area contributed by atoms with Gasteiger partial charge >= 0.3 is 12.0 Å².